The highest BCUT2D eigenvalue weighted by atomic mass is 16.6. The Morgan fingerprint density at radius 2 is 1.89 bits per heavy atom. The minimum Gasteiger partial charge on any atom is -0.393 e. The van der Waals surface area contributed by atoms with E-state index >= 15 is 0 Å². The van der Waals surface area contributed by atoms with E-state index in [9.17, 15) is 14.7 Å². The van der Waals surface area contributed by atoms with Crippen LogP contribution < -0.4 is 0 Å². The monoisotopic (exact) mass is 264 g/mol. The molecule has 7 heteroatoms. The number of aliphatic hydroxyl groups is 4. The second-order valence-corrected chi connectivity index (χ2v) is 4.05. The Morgan fingerprint density at radius 1 is 1.28 bits per heavy atom. The van der Waals surface area contributed by atoms with Gasteiger partial charge in [0.05, 0.1) is 13.2 Å². The first kappa shape index (κ1) is 17.0. The molecule has 0 saturated carbocycles. The Hall–Kier alpha value is -1.02. The van der Waals surface area contributed by atoms with Gasteiger partial charge < -0.3 is 25.2 Å². The van der Waals surface area contributed by atoms with Crippen molar-refractivity contribution in [1.82, 2.24) is 0 Å². The van der Waals surface area contributed by atoms with Gasteiger partial charge in [-0.1, -0.05) is 19.8 Å². The van der Waals surface area contributed by atoms with Crippen molar-refractivity contribution in [3.63, 3.8) is 0 Å². The molecule has 0 aliphatic rings. The van der Waals surface area contributed by atoms with Crippen molar-refractivity contribution in [2.24, 2.45) is 0 Å². The second-order valence-electron chi connectivity index (χ2n) is 4.05. The molecule has 0 radical (unpaired) electrons. The third-order valence-electron chi connectivity index (χ3n) is 2.47. The number of ether oxygens (including phenoxy) is 1. The molecular weight excluding hydrogens is 244 g/mol. The molecule has 0 saturated heterocycles. The summed E-state index contributed by atoms with van der Waals surface area (Å²) in [5.74, 6) is -2.68. The predicted octanol–water partition coefficient (Wildman–Crippen LogP) is -1.29. The number of hydrogen-bond donors (Lipinski definition) is 4. The van der Waals surface area contributed by atoms with Gasteiger partial charge in [-0.15, -0.1) is 0 Å². The number of rotatable bonds is 8. The van der Waals surface area contributed by atoms with E-state index in [0.717, 1.165) is 12.8 Å². The molecule has 7 nitrogen and oxygen atoms in total. The van der Waals surface area contributed by atoms with Crippen LogP contribution in [0.25, 0.3) is 0 Å². The van der Waals surface area contributed by atoms with Gasteiger partial charge in [-0.05, 0) is 12.8 Å². The maximum Gasteiger partial charge on any atom is 0.348 e. The maximum absolute atomic E-state index is 11.5. The lowest BCUT2D eigenvalue weighted by Gasteiger charge is -2.23. The zero-order chi connectivity index (χ0) is 14.2. The molecule has 2 unspecified atom stereocenters. The molecule has 4 N–H and O–H groups in total. The van der Waals surface area contributed by atoms with E-state index in [1.165, 1.54) is 0 Å². The van der Waals surface area contributed by atoms with Crippen LogP contribution in [0.4, 0.5) is 0 Å². The number of carbonyl (C=O) groups is 2. The van der Waals surface area contributed by atoms with E-state index in [4.69, 9.17) is 15.3 Å². The topological polar surface area (TPSA) is 124 Å². The Labute approximate surface area is 105 Å². The Balaban J connectivity index is 4.45. The summed E-state index contributed by atoms with van der Waals surface area (Å²) in [7, 11) is 0. The number of carbonyl (C=O) groups excluding carboxylic acids is 2. The lowest BCUT2D eigenvalue weighted by atomic mass is 9.97. The van der Waals surface area contributed by atoms with Gasteiger partial charge in [0.2, 0.25) is 0 Å². The molecule has 0 aromatic rings. The molecule has 0 bridgehead atoms. The van der Waals surface area contributed by atoms with Gasteiger partial charge in [0.15, 0.2) is 11.7 Å². The van der Waals surface area contributed by atoms with E-state index in [1.54, 1.807) is 0 Å². The quantitative estimate of drug-likeness (QED) is 0.244. The molecule has 18 heavy (non-hydrogen) atoms. The normalized spacial score (nSPS) is 15.8. The van der Waals surface area contributed by atoms with Gasteiger partial charge in [0.1, 0.15) is 0 Å². The molecule has 0 aliphatic heterocycles. The smallest absolute Gasteiger partial charge is 0.348 e. The van der Waals surface area contributed by atoms with Gasteiger partial charge in [-0.3, -0.25) is 0 Å². The minimum atomic E-state index is -2.15. The summed E-state index contributed by atoms with van der Waals surface area (Å²) in [5.41, 5.74) is -2.15. The lowest BCUT2D eigenvalue weighted by Crippen LogP contribution is -2.46. The first-order valence-corrected chi connectivity index (χ1v) is 5.79. The Bertz CT molecular complexity index is 279. The van der Waals surface area contributed by atoms with Crippen molar-refractivity contribution in [2.75, 3.05) is 13.2 Å². The van der Waals surface area contributed by atoms with Gasteiger partial charge in [-0.2, -0.15) is 0 Å². The van der Waals surface area contributed by atoms with Crippen LogP contribution in [0.3, 0.4) is 0 Å². The van der Waals surface area contributed by atoms with Gasteiger partial charge in [-0.25, -0.2) is 9.59 Å². The summed E-state index contributed by atoms with van der Waals surface area (Å²) in [5, 5.41) is 36.2. The van der Waals surface area contributed by atoms with E-state index in [0.29, 0.717) is 6.42 Å². The SMILES string of the molecule is CCCCCC(O)(CO)C(=O)OC(=O)C(O)CO. The molecule has 0 fully saturated rings. The van der Waals surface area contributed by atoms with Crippen LogP contribution in [0.1, 0.15) is 32.6 Å². The fourth-order valence-electron chi connectivity index (χ4n) is 1.24. The average molecular weight is 264 g/mol. The van der Waals surface area contributed by atoms with E-state index in [-0.39, 0.29) is 6.42 Å². The van der Waals surface area contributed by atoms with Crippen molar-refractivity contribution in [3.8, 4) is 0 Å². The van der Waals surface area contributed by atoms with Crippen molar-refractivity contribution < 1.29 is 34.8 Å². The van der Waals surface area contributed by atoms with Crippen LogP contribution in [0, 0.1) is 0 Å². The van der Waals surface area contributed by atoms with E-state index in [1.807, 2.05) is 6.92 Å². The molecule has 0 amide bonds. The average Bonchev–Trinajstić information content (AvgIpc) is 2.37. The first-order chi connectivity index (χ1) is 8.41. The third kappa shape index (κ3) is 5.09. The largest absolute Gasteiger partial charge is 0.393 e. The summed E-state index contributed by atoms with van der Waals surface area (Å²) in [6, 6.07) is 0. The predicted molar refractivity (Wildman–Crippen MR) is 60.4 cm³/mol. The summed E-state index contributed by atoms with van der Waals surface area (Å²) in [4.78, 5) is 22.5. The summed E-state index contributed by atoms with van der Waals surface area (Å²) in [6.07, 6.45) is 0.215. The molecule has 0 heterocycles. The molecule has 0 aromatic heterocycles. The molecule has 2 atom stereocenters. The van der Waals surface area contributed by atoms with Crippen molar-refractivity contribution in [1.29, 1.82) is 0 Å². The zero-order valence-corrected chi connectivity index (χ0v) is 10.3. The zero-order valence-electron chi connectivity index (χ0n) is 10.3. The van der Waals surface area contributed by atoms with Gasteiger partial charge in [0, 0.05) is 0 Å². The first-order valence-electron chi connectivity index (χ1n) is 5.79. The molecule has 0 aliphatic carbocycles. The van der Waals surface area contributed by atoms with E-state index < -0.39 is 36.9 Å². The summed E-state index contributed by atoms with van der Waals surface area (Å²) < 4.78 is 4.19. The van der Waals surface area contributed by atoms with Crippen molar-refractivity contribution >= 4 is 11.9 Å². The fraction of sp³-hybridized carbons (Fsp3) is 0.818. The molecular formula is C11H20O7. The van der Waals surface area contributed by atoms with Crippen molar-refractivity contribution in [2.45, 2.75) is 44.3 Å². The number of esters is 2. The lowest BCUT2D eigenvalue weighted by molar-refractivity contribution is -0.183. The minimum absolute atomic E-state index is 0.0430. The molecule has 0 rings (SSSR count). The molecule has 0 spiro atoms. The number of aliphatic hydroxyl groups excluding tert-OH is 3. The van der Waals surface area contributed by atoms with E-state index in [2.05, 4.69) is 4.74 Å². The fourth-order valence-corrected chi connectivity index (χ4v) is 1.24. The third-order valence-corrected chi connectivity index (χ3v) is 2.47. The Morgan fingerprint density at radius 3 is 2.33 bits per heavy atom. The molecule has 106 valence electrons. The van der Waals surface area contributed by atoms with Crippen LogP contribution in [0.2, 0.25) is 0 Å². The van der Waals surface area contributed by atoms with Crippen LogP contribution in [-0.2, 0) is 14.3 Å². The standard InChI is InChI=1S/C11H20O7/c1-2-3-4-5-11(17,7-13)10(16)18-9(15)8(14)6-12/h8,12-14,17H,2-7H2,1H3. The summed E-state index contributed by atoms with van der Waals surface area (Å²) in [6.45, 7) is 0.162. The van der Waals surface area contributed by atoms with Crippen LogP contribution in [0.5, 0.6) is 0 Å². The summed E-state index contributed by atoms with van der Waals surface area (Å²) >= 11 is 0. The van der Waals surface area contributed by atoms with Gasteiger partial charge >= 0.3 is 11.9 Å². The highest BCUT2D eigenvalue weighted by molar-refractivity contribution is 5.92. The van der Waals surface area contributed by atoms with Gasteiger partial charge in [0.25, 0.3) is 0 Å². The van der Waals surface area contributed by atoms with Crippen LogP contribution in [-0.4, -0.2) is 57.3 Å². The number of unbranched alkanes of at least 4 members (excludes halogenated alkanes) is 2. The highest BCUT2D eigenvalue weighted by Gasteiger charge is 2.38. The maximum atomic E-state index is 11.5. The highest BCUT2D eigenvalue weighted by Crippen LogP contribution is 2.17. The van der Waals surface area contributed by atoms with Crippen molar-refractivity contribution in [3.05, 3.63) is 0 Å². The Kier molecular flexibility index (Phi) is 7.69. The second kappa shape index (κ2) is 8.15. The molecule has 0 aromatic carbocycles. The van der Waals surface area contributed by atoms with Crippen LogP contribution >= 0.6 is 0 Å². The number of hydrogen-bond acceptors (Lipinski definition) is 7. The van der Waals surface area contributed by atoms with Crippen LogP contribution in [0.15, 0.2) is 0 Å².